The van der Waals surface area contributed by atoms with Gasteiger partial charge >= 0.3 is 0 Å². The zero-order valence-corrected chi connectivity index (χ0v) is 14.4. The summed E-state index contributed by atoms with van der Waals surface area (Å²) in [5, 5.41) is 3.77. The fourth-order valence-corrected chi connectivity index (χ4v) is 3.26. The van der Waals surface area contributed by atoms with E-state index < -0.39 is 0 Å². The van der Waals surface area contributed by atoms with Gasteiger partial charge in [-0.25, -0.2) is 0 Å². The molecule has 1 fully saturated rings. The molecule has 21 heavy (non-hydrogen) atoms. The van der Waals surface area contributed by atoms with Crippen LogP contribution in [0.15, 0.2) is 24.3 Å². The summed E-state index contributed by atoms with van der Waals surface area (Å²) in [6.45, 7) is 13.4. The lowest BCUT2D eigenvalue weighted by Crippen LogP contribution is -2.42. The molecule has 1 heterocycles. The highest BCUT2D eigenvalue weighted by molar-refractivity contribution is 5.29. The van der Waals surface area contributed by atoms with Crippen LogP contribution >= 0.6 is 0 Å². The van der Waals surface area contributed by atoms with E-state index in [0.717, 1.165) is 12.8 Å². The van der Waals surface area contributed by atoms with Crippen molar-refractivity contribution in [2.45, 2.75) is 84.1 Å². The minimum absolute atomic E-state index is 0.223. The van der Waals surface area contributed by atoms with Crippen LogP contribution in [0.5, 0.6) is 0 Å². The summed E-state index contributed by atoms with van der Waals surface area (Å²) in [6, 6.07) is 10.0. The summed E-state index contributed by atoms with van der Waals surface area (Å²) < 4.78 is 5.82. The van der Waals surface area contributed by atoms with E-state index in [1.165, 1.54) is 11.1 Å². The Kier molecular flexibility index (Phi) is 5.11. The SMILES string of the molecule is CC1CC(NC(C)c2ccc(C(C)(C)C)cc2)CC(C)O1. The predicted molar refractivity (Wildman–Crippen MR) is 89.7 cm³/mol. The molecule has 1 aliphatic rings. The Hall–Kier alpha value is -0.860. The van der Waals surface area contributed by atoms with Crippen LogP contribution in [0.1, 0.15) is 71.6 Å². The molecule has 1 aliphatic heterocycles. The third-order valence-corrected chi connectivity index (χ3v) is 4.46. The third-order valence-electron chi connectivity index (χ3n) is 4.46. The van der Waals surface area contributed by atoms with Crippen molar-refractivity contribution in [1.29, 1.82) is 0 Å². The molecule has 1 aromatic rings. The van der Waals surface area contributed by atoms with Crippen molar-refractivity contribution >= 4 is 0 Å². The molecule has 1 N–H and O–H groups in total. The number of rotatable bonds is 3. The topological polar surface area (TPSA) is 21.3 Å². The molecule has 0 radical (unpaired) electrons. The van der Waals surface area contributed by atoms with Gasteiger partial charge in [0.2, 0.25) is 0 Å². The summed E-state index contributed by atoms with van der Waals surface area (Å²) >= 11 is 0. The van der Waals surface area contributed by atoms with E-state index >= 15 is 0 Å². The summed E-state index contributed by atoms with van der Waals surface area (Å²) in [5.74, 6) is 0. The van der Waals surface area contributed by atoms with Crippen LogP contribution in [-0.4, -0.2) is 18.2 Å². The number of hydrogen-bond acceptors (Lipinski definition) is 2. The normalized spacial score (nSPS) is 28.4. The summed E-state index contributed by atoms with van der Waals surface area (Å²) in [5.41, 5.74) is 2.99. The van der Waals surface area contributed by atoms with Crippen LogP contribution in [0.3, 0.4) is 0 Å². The standard InChI is InChI=1S/C19H31NO/c1-13-11-18(12-14(2)21-13)20-15(3)16-7-9-17(10-8-16)19(4,5)6/h7-10,13-15,18,20H,11-12H2,1-6H3. The monoisotopic (exact) mass is 289 g/mol. The lowest BCUT2D eigenvalue weighted by molar-refractivity contribution is -0.0433. The lowest BCUT2D eigenvalue weighted by atomic mass is 9.86. The summed E-state index contributed by atoms with van der Waals surface area (Å²) in [6.07, 6.45) is 2.94. The maximum Gasteiger partial charge on any atom is 0.0565 e. The Bertz CT molecular complexity index is 436. The third kappa shape index (κ3) is 4.55. The van der Waals surface area contributed by atoms with Crippen molar-refractivity contribution in [3.63, 3.8) is 0 Å². The van der Waals surface area contributed by atoms with Gasteiger partial charge in [0, 0.05) is 12.1 Å². The van der Waals surface area contributed by atoms with E-state index in [1.807, 2.05) is 0 Å². The highest BCUT2D eigenvalue weighted by Gasteiger charge is 2.25. The number of nitrogens with one attached hydrogen (secondary N) is 1. The Balaban J connectivity index is 1.98. The molecule has 1 aromatic carbocycles. The second-order valence-corrected chi connectivity index (χ2v) is 7.69. The maximum absolute atomic E-state index is 5.82. The Labute approximate surface area is 130 Å². The van der Waals surface area contributed by atoms with Crippen molar-refractivity contribution in [1.82, 2.24) is 5.32 Å². The van der Waals surface area contributed by atoms with Gasteiger partial charge in [-0.1, -0.05) is 45.0 Å². The van der Waals surface area contributed by atoms with E-state index in [-0.39, 0.29) is 5.41 Å². The molecule has 118 valence electrons. The van der Waals surface area contributed by atoms with Crippen molar-refractivity contribution in [3.8, 4) is 0 Å². The smallest absolute Gasteiger partial charge is 0.0565 e. The molecule has 0 bridgehead atoms. The summed E-state index contributed by atoms with van der Waals surface area (Å²) in [4.78, 5) is 0. The molecule has 2 nitrogen and oxygen atoms in total. The fourth-order valence-electron chi connectivity index (χ4n) is 3.26. The Morgan fingerprint density at radius 2 is 1.57 bits per heavy atom. The highest BCUT2D eigenvalue weighted by atomic mass is 16.5. The van der Waals surface area contributed by atoms with Crippen LogP contribution in [0, 0.1) is 0 Å². The first-order chi connectivity index (χ1) is 9.75. The number of benzene rings is 1. The van der Waals surface area contributed by atoms with Crippen molar-refractivity contribution < 1.29 is 4.74 Å². The quantitative estimate of drug-likeness (QED) is 0.878. The molecule has 1 saturated heterocycles. The minimum Gasteiger partial charge on any atom is -0.375 e. The molecule has 3 unspecified atom stereocenters. The van der Waals surface area contributed by atoms with Gasteiger partial charge in [-0.3, -0.25) is 0 Å². The highest BCUT2D eigenvalue weighted by Crippen LogP contribution is 2.25. The lowest BCUT2D eigenvalue weighted by Gasteiger charge is -2.34. The summed E-state index contributed by atoms with van der Waals surface area (Å²) in [7, 11) is 0. The molecule has 0 aromatic heterocycles. The van der Waals surface area contributed by atoms with E-state index in [2.05, 4.69) is 71.1 Å². The first-order valence-electron chi connectivity index (χ1n) is 8.27. The number of hydrogen-bond donors (Lipinski definition) is 1. The van der Waals surface area contributed by atoms with Gasteiger partial charge in [-0.15, -0.1) is 0 Å². The Morgan fingerprint density at radius 1 is 1.05 bits per heavy atom. The van der Waals surface area contributed by atoms with Crippen molar-refractivity contribution in [2.24, 2.45) is 0 Å². The second kappa shape index (κ2) is 6.50. The Morgan fingerprint density at radius 3 is 2.05 bits per heavy atom. The second-order valence-electron chi connectivity index (χ2n) is 7.69. The van der Waals surface area contributed by atoms with Gasteiger partial charge in [0.1, 0.15) is 0 Å². The van der Waals surface area contributed by atoms with Crippen LogP contribution in [0.4, 0.5) is 0 Å². The average molecular weight is 289 g/mol. The first kappa shape index (κ1) is 16.5. The number of ether oxygens (including phenoxy) is 1. The predicted octanol–water partition coefficient (Wildman–Crippen LogP) is 4.59. The minimum atomic E-state index is 0.223. The largest absolute Gasteiger partial charge is 0.375 e. The van der Waals surface area contributed by atoms with Crippen LogP contribution < -0.4 is 5.32 Å². The first-order valence-corrected chi connectivity index (χ1v) is 8.27. The zero-order valence-electron chi connectivity index (χ0n) is 14.4. The molecule has 2 heteroatoms. The average Bonchev–Trinajstić information content (AvgIpc) is 2.36. The molecule has 0 aliphatic carbocycles. The fraction of sp³-hybridized carbons (Fsp3) is 0.684. The van der Waals surface area contributed by atoms with Crippen molar-refractivity contribution in [2.75, 3.05) is 0 Å². The van der Waals surface area contributed by atoms with E-state index in [0.29, 0.717) is 24.3 Å². The van der Waals surface area contributed by atoms with Gasteiger partial charge in [0.15, 0.2) is 0 Å². The molecule has 0 saturated carbocycles. The van der Waals surface area contributed by atoms with Crippen LogP contribution in [0.25, 0.3) is 0 Å². The van der Waals surface area contributed by atoms with Gasteiger partial charge in [0.25, 0.3) is 0 Å². The molecular weight excluding hydrogens is 258 g/mol. The van der Waals surface area contributed by atoms with Gasteiger partial charge < -0.3 is 10.1 Å². The molecule has 0 spiro atoms. The van der Waals surface area contributed by atoms with Crippen LogP contribution in [0.2, 0.25) is 0 Å². The van der Waals surface area contributed by atoms with Gasteiger partial charge in [-0.2, -0.15) is 0 Å². The molecular formula is C19H31NO. The van der Waals surface area contributed by atoms with E-state index in [9.17, 15) is 0 Å². The zero-order chi connectivity index (χ0) is 15.6. The van der Waals surface area contributed by atoms with E-state index in [1.54, 1.807) is 0 Å². The maximum atomic E-state index is 5.82. The molecule has 0 amide bonds. The van der Waals surface area contributed by atoms with Crippen LogP contribution in [-0.2, 0) is 10.2 Å². The van der Waals surface area contributed by atoms with Gasteiger partial charge in [0.05, 0.1) is 12.2 Å². The molecule has 3 atom stereocenters. The van der Waals surface area contributed by atoms with Crippen molar-refractivity contribution in [3.05, 3.63) is 35.4 Å². The van der Waals surface area contributed by atoms with Gasteiger partial charge in [-0.05, 0) is 50.2 Å². The molecule has 2 rings (SSSR count). The van der Waals surface area contributed by atoms with E-state index in [4.69, 9.17) is 4.74 Å².